The molecule has 3 aliphatic rings. The van der Waals surface area contributed by atoms with Crippen LogP contribution < -0.4 is 9.47 Å². The number of benzene rings is 2. The number of aryl methyl sites for hydroxylation is 1. The summed E-state index contributed by atoms with van der Waals surface area (Å²) in [5.74, 6) is 1.04. The Labute approximate surface area is 217 Å². The van der Waals surface area contributed by atoms with Crippen LogP contribution in [0.2, 0.25) is 0 Å². The van der Waals surface area contributed by atoms with Crippen molar-refractivity contribution in [3.8, 4) is 17.2 Å². The normalized spacial score (nSPS) is 18.5. The van der Waals surface area contributed by atoms with Crippen LogP contribution in [-0.2, 0) is 22.6 Å². The maximum atomic E-state index is 13.4. The van der Waals surface area contributed by atoms with Gasteiger partial charge < -0.3 is 29.0 Å². The number of allylic oxidation sites excluding steroid dienone is 1. The lowest BCUT2D eigenvalue weighted by atomic mass is 9.98. The van der Waals surface area contributed by atoms with Crippen LogP contribution >= 0.6 is 15.9 Å². The van der Waals surface area contributed by atoms with Crippen LogP contribution in [0.15, 0.2) is 28.4 Å². The second-order valence-electron chi connectivity index (χ2n) is 8.89. The van der Waals surface area contributed by atoms with E-state index in [-0.39, 0.29) is 30.2 Å². The molecule has 0 spiro atoms. The van der Waals surface area contributed by atoms with Crippen molar-refractivity contribution in [2.45, 2.75) is 27.0 Å². The van der Waals surface area contributed by atoms with Crippen LogP contribution in [0.1, 0.15) is 39.5 Å². The highest BCUT2D eigenvalue weighted by Crippen LogP contribution is 2.43. The van der Waals surface area contributed by atoms with Gasteiger partial charge in [-0.3, -0.25) is 9.69 Å². The van der Waals surface area contributed by atoms with Crippen LogP contribution in [0.5, 0.6) is 17.2 Å². The lowest BCUT2D eigenvalue weighted by Gasteiger charge is -2.34. The number of piperazine rings is 1. The monoisotopic (exact) mass is 558 g/mol. The van der Waals surface area contributed by atoms with Crippen LogP contribution in [-0.4, -0.2) is 66.4 Å². The molecule has 36 heavy (non-hydrogen) atoms. The van der Waals surface area contributed by atoms with Gasteiger partial charge in [-0.1, -0.05) is 15.9 Å². The number of ketones is 1. The minimum Gasteiger partial charge on any atom is -0.507 e. The minimum atomic E-state index is -0.315. The number of hydrogen-bond acceptors (Lipinski definition) is 8. The molecule has 0 unspecified atom stereocenters. The largest absolute Gasteiger partial charge is 0.507 e. The maximum Gasteiger partial charge on any atom is 0.409 e. The summed E-state index contributed by atoms with van der Waals surface area (Å²) >= 11 is 3.51. The van der Waals surface area contributed by atoms with E-state index < -0.39 is 0 Å². The number of amides is 1. The SMILES string of the molecule is CCOC(=O)N1CCN(Cc2c(O)cc(C)c3c2O/C(=C/c2cc(Br)cc4c2OCOC4)C3=O)CC1. The molecule has 0 aliphatic carbocycles. The summed E-state index contributed by atoms with van der Waals surface area (Å²) in [7, 11) is 0. The van der Waals surface area contributed by atoms with Crippen molar-refractivity contribution < 1.29 is 33.6 Å². The second kappa shape index (κ2) is 10.1. The molecule has 1 amide bonds. The molecule has 0 saturated carbocycles. The maximum absolute atomic E-state index is 13.4. The fourth-order valence-corrected chi connectivity index (χ4v) is 5.24. The van der Waals surface area contributed by atoms with Gasteiger partial charge in [0.15, 0.2) is 12.6 Å². The van der Waals surface area contributed by atoms with Crippen LogP contribution in [0.4, 0.5) is 4.79 Å². The number of aromatic hydroxyl groups is 1. The number of halogens is 1. The molecule has 0 aromatic heterocycles. The third kappa shape index (κ3) is 4.68. The van der Waals surface area contributed by atoms with E-state index in [4.69, 9.17) is 18.9 Å². The zero-order chi connectivity index (χ0) is 25.4. The van der Waals surface area contributed by atoms with E-state index in [1.807, 2.05) is 12.1 Å². The number of hydrogen-bond donors (Lipinski definition) is 1. The number of Topliss-reactive ketones (excluding diaryl/α,β-unsaturated/α-hetero) is 1. The van der Waals surface area contributed by atoms with Crippen LogP contribution in [0.3, 0.4) is 0 Å². The number of carbonyl (C=O) groups is 2. The van der Waals surface area contributed by atoms with Crippen molar-refractivity contribution in [2.75, 3.05) is 39.6 Å². The Bertz CT molecular complexity index is 1250. The fraction of sp³-hybridized carbons (Fsp3) is 0.385. The molecule has 1 fully saturated rings. The Morgan fingerprint density at radius 3 is 2.72 bits per heavy atom. The van der Waals surface area contributed by atoms with Crippen molar-refractivity contribution in [3.05, 3.63) is 56.2 Å². The summed E-state index contributed by atoms with van der Waals surface area (Å²) in [4.78, 5) is 29.2. The first-order chi connectivity index (χ1) is 17.4. The molecule has 1 N–H and O–H groups in total. The Kier molecular flexibility index (Phi) is 6.92. The van der Waals surface area contributed by atoms with Gasteiger partial charge >= 0.3 is 6.09 Å². The second-order valence-corrected chi connectivity index (χ2v) is 9.81. The Morgan fingerprint density at radius 2 is 1.97 bits per heavy atom. The highest BCUT2D eigenvalue weighted by Gasteiger charge is 2.35. The third-order valence-electron chi connectivity index (χ3n) is 6.49. The molecule has 5 rings (SSSR count). The van der Waals surface area contributed by atoms with E-state index in [1.165, 1.54) is 0 Å². The first-order valence-electron chi connectivity index (χ1n) is 11.8. The Hall–Kier alpha value is -3.08. The van der Waals surface area contributed by atoms with Crippen molar-refractivity contribution in [2.24, 2.45) is 0 Å². The summed E-state index contributed by atoms with van der Waals surface area (Å²) in [6.45, 7) is 7.12. The standard InChI is InChI=1S/C26H27BrN2O7/c1-3-34-26(32)29-6-4-28(5-7-29)12-19-20(30)8-15(2)22-23(31)21(36-25(19)22)11-16-9-18(27)10-17-13-33-14-35-24(16)17/h8-11,30H,3-7,12-14H2,1-2H3/b21-11+. The van der Waals surface area contributed by atoms with Crippen LogP contribution in [0, 0.1) is 6.92 Å². The summed E-state index contributed by atoms with van der Waals surface area (Å²) in [6, 6.07) is 5.39. The van der Waals surface area contributed by atoms with Gasteiger partial charge in [0.25, 0.3) is 0 Å². The fourth-order valence-electron chi connectivity index (χ4n) is 4.72. The van der Waals surface area contributed by atoms with Crippen molar-refractivity contribution >= 4 is 33.9 Å². The average molecular weight is 559 g/mol. The first kappa shape index (κ1) is 24.6. The third-order valence-corrected chi connectivity index (χ3v) is 6.95. The Morgan fingerprint density at radius 1 is 1.19 bits per heavy atom. The van der Waals surface area contributed by atoms with Crippen LogP contribution in [0.25, 0.3) is 6.08 Å². The predicted octanol–water partition coefficient (Wildman–Crippen LogP) is 4.22. The van der Waals surface area contributed by atoms with E-state index in [1.54, 1.807) is 30.9 Å². The van der Waals surface area contributed by atoms with E-state index >= 15 is 0 Å². The number of nitrogens with zero attached hydrogens (tertiary/aromatic N) is 2. The molecule has 2 aromatic rings. The zero-order valence-electron chi connectivity index (χ0n) is 20.1. The summed E-state index contributed by atoms with van der Waals surface area (Å²) in [5, 5.41) is 10.8. The van der Waals surface area contributed by atoms with Gasteiger partial charge in [0.05, 0.1) is 24.3 Å². The van der Waals surface area contributed by atoms with E-state index in [0.717, 1.165) is 10.0 Å². The molecule has 3 heterocycles. The average Bonchev–Trinajstić information content (AvgIpc) is 3.18. The molecule has 2 aromatic carbocycles. The molecule has 190 valence electrons. The van der Waals surface area contributed by atoms with Crippen molar-refractivity contribution in [1.82, 2.24) is 9.80 Å². The van der Waals surface area contributed by atoms with Crippen molar-refractivity contribution in [1.29, 1.82) is 0 Å². The molecule has 3 aliphatic heterocycles. The van der Waals surface area contributed by atoms with E-state index in [2.05, 4.69) is 20.8 Å². The molecule has 9 nitrogen and oxygen atoms in total. The first-order valence-corrected chi connectivity index (χ1v) is 12.6. The molecule has 0 radical (unpaired) electrons. The number of fused-ring (bicyclic) bond motifs is 2. The predicted molar refractivity (Wildman–Crippen MR) is 134 cm³/mol. The molecule has 10 heteroatoms. The zero-order valence-corrected chi connectivity index (χ0v) is 21.7. The highest BCUT2D eigenvalue weighted by molar-refractivity contribution is 9.10. The quantitative estimate of drug-likeness (QED) is 0.557. The highest BCUT2D eigenvalue weighted by atomic mass is 79.9. The lowest BCUT2D eigenvalue weighted by molar-refractivity contribution is -0.0165. The van der Waals surface area contributed by atoms with Gasteiger partial charge in [-0.25, -0.2) is 4.79 Å². The molecule has 0 bridgehead atoms. The van der Waals surface area contributed by atoms with Gasteiger partial charge in [0.2, 0.25) is 5.78 Å². The number of phenols is 1. The van der Waals surface area contributed by atoms with Gasteiger partial charge in [-0.05, 0) is 43.7 Å². The number of phenolic OH excluding ortho intramolecular Hbond substituents is 1. The molecular formula is C26H27BrN2O7. The summed E-state index contributed by atoms with van der Waals surface area (Å²) in [5.41, 5.74) is 3.23. The van der Waals surface area contributed by atoms with Gasteiger partial charge in [-0.15, -0.1) is 0 Å². The molecular weight excluding hydrogens is 532 g/mol. The molecule has 1 saturated heterocycles. The van der Waals surface area contributed by atoms with E-state index in [0.29, 0.717) is 79.7 Å². The number of ether oxygens (including phenoxy) is 4. The van der Waals surface area contributed by atoms with Gasteiger partial charge in [0.1, 0.15) is 17.2 Å². The topological polar surface area (TPSA) is 97.8 Å². The summed E-state index contributed by atoms with van der Waals surface area (Å²) < 4.78 is 23.1. The van der Waals surface area contributed by atoms with E-state index in [9.17, 15) is 14.7 Å². The number of carbonyl (C=O) groups excluding carboxylic acids is 2. The van der Waals surface area contributed by atoms with Gasteiger partial charge in [-0.2, -0.15) is 0 Å². The minimum absolute atomic E-state index is 0.0773. The Balaban J connectivity index is 1.41. The lowest BCUT2D eigenvalue weighted by Crippen LogP contribution is -2.48. The molecule has 0 atom stereocenters. The smallest absolute Gasteiger partial charge is 0.409 e. The number of rotatable bonds is 4. The van der Waals surface area contributed by atoms with Gasteiger partial charge in [0, 0.05) is 48.3 Å². The summed E-state index contributed by atoms with van der Waals surface area (Å²) in [6.07, 6.45) is 1.36. The van der Waals surface area contributed by atoms with Crippen molar-refractivity contribution in [3.63, 3.8) is 0 Å².